The van der Waals surface area contributed by atoms with Crippen LogP contribution in [0.25, 0.3) is 0 Å². The Balaban J connectivity index is 2.79. The van der Waals surface area contributed by atoms with Crippen molar-refractivity contribution < 1.29 is 0 Å². The van der Waals surface area contributed by atoms with Crippen LogP contribution >= 0.6 is 0 Å². The maximum Gasteiger partial charge on any atom is 0.247 e. The van der Waals surface area contributed by atoms with Crippen molar-refractivity contribution in [3.63, 3.8) is 0 Å². The van der Waals surface area contributed by atoms with Gasteiger partial charge in [-0.2, -0.15) is 0 Å². The number of hydrogen-bond acceptors (Lipinski definition) is 1. The van der Waals surface area contributed by atoms with Gasteiger partial charge in [-0.3, -0.25) is 4.79 Å². The Labute approximate surface area is 60.5 Å². The van der Waals surface area contributed by atoms with Gasteiger partial charge in [-0.1, -0.05) is 19.2 Å². The van der Waals surface area contributed by atoms with E-state index in [1.807, 2.05) is 6.07 Å². The molecule has 0 amide bonds. The molecule has 0 aromatic carbocycles. The van der Waals surface area contributed by atoms with Crippen LogP contribution in [-0.2, 0) is 6.32 Å². The van der Waals surface area contributed by atoms with Crippen LogP contribution in [0.3, 0.4) is 0 Å². The lowest BCUT2D eigenvalue weighted by atomic mass is 9.75. The zero-order valence-electron chi connectivity index (χ0n) is 6.05. The number of hydrogen-bond donors (Lipinski definition) is 1. The van der Waals surface area contributed by atoms with E-state index in [4.69, 9.17) is 0 Å². The normalized spacial score (nSPS) is 9.30. The zero-order chi connectivity index (χ0) is 7.40. The lowest BCUT2D eigenvalue weighted by molar-refractivity contribution is 1.18. The van der Waals surface area contributed by atoms with Crippen LogP contribution in [0, 0.1) is 0 Å². The SMILES string of the molecule is CBCc1ccc(=O)[nH]c1. The summed E-state index contributed by atoms with van der Waals surface area (Å²) in [5.41, 5.74) is 1.17. The van der Waals surface area contributed by atoms with Crippen molar-refractivity contribution in [3.05, 3.63) is 34.2 Å². The highest BCUT2D eigenvalue weighted by atomic mass is 16.1. The number of nitrogens with one attached hydrogen (secondary N) is 1. The van der Waals surface area contributed by atoms with Crippen LogP contribution in [0.4, 0.5) is 0 Å². The van der Waals surface area contributed by atoms with Crippen LogP contribution < -0.4 is 5.56 Å². The predicted octanol–water partition coefficient (Wildman–Crippen LogP) is 0.359. The van der Waals surface area contributed by atoms with Gasteiger partial charge in [-0.15, -0.1) is 0 Å². The third-order valence-electron chi connectivity index (χ3n) is 1.39. The van der Waals surface area contributed by atoms with Crippen molar-refractivity contribution in [2.24, 2.45) is 0 Å². The molecule has 0 unspecified atom stereocenters. The summed E-state index contributed by atoms with van der Waals surface area (Å²) in [5.74, 6) is 0. The van der Waals surface area contributed by atoms with Crippen molar-refractivity contribution in [2.45, 2.75) is 13.1 Å². The van der Waals surface area contributed by atoms with Crippen LogP contribution in [0.15, 0.2) is 23.1 Å². The molecule has 0 aliphatic carbocycles. The lowest BCUT2D eigenvalue weighted by Crippen LogP contribution is -2.03. The lowest BCUT2D eigenvalue weighted by Gasteiger charge is -1.92. The minimum Gasteiger partial charge on any atom is -0.329 e. The highest BCUT2D eigenvalue weighted by molar-refractivity contribution is 6.32. The highest BCUT2D eigenvalue weighted by Crippen LogP contribution is 1.91. The molecule has 0 atom stereocenters. The van der Waals surface area contributed by atoms with Crippen molar-refractivity contribution >= 4 is 7.28 Å². The molecule has 3 heteroatoms. The molecule has 0 aliphatic heterocycles. The fourth-order valence-electron chi connectivity index (χ4n) is 0.887. The van der Waals surface area contributed by atoms with E-state index in [1.165, 1.54) is 5.56 Å². The maximum absolute atomic E-state index is 10.6. The summed E-state index contributed by atoms with van der Waals surface area (Å²) in [7, 11) is 1.12. The van der Waals surface area contributed by atoms with Crippen molar-refractivity contribution in [3.8, 4) is 0 Å². The highest BCUT2D eigenvalue weighted by Gasteiger charge is 1.89. The molecule has 1 rings (SSSR count). The van der Waals surface area contributed by atoms with Gasteiger partial charge in [0.1, 0.15) is 7.28 Å². The molecule has 0 saturated heterocycles. The Hall–Kier alpha value is -0.985. The smallest absolute Gasteiger partial charge is 0.247 e. The van der Waals surface area contributed by atoms with E-state index in [9.17, 15) is 4.79 Å². The van der Waals surface area contributed by atoms with Crippen molar-refractivity contribution in [1.29, 1.82) is 0 Å². The van der Waals surface area contributed by atoms with Crippen molar-refractivity contribution in [2.75, 3.05) is 0 Å². The average molecular weight is 135 g/mol. The van der Waals surface area contributed by atoms with E-state index in [-0.39, 0.29) is 5.56 Å². The van der Waals surface area contributed by atoms with Crippen LogP contribution in [0.1, 0.15) is 5.56 Å². The Morgan fingerprint density at radius 3 is 2.90 bits per heavy atom. The number of pyridine rings is 1. The molecule has 0 spiro atoms. The quantitative estimate of drug-likeness (QED) is 0.583. The van der Waals surface area contributed by atoms with Gasteiger partial charge < -0.3 is 4.98 Å². The first-order chi connectivity index (χ1) is 4.83. The first-order valence-corrected chi connectivity index (χ1v) is 3.50. The third kappa shape index (κ3) is 1.76. The molecule has 0 saturated carbocycles. The average Bonchev–Trinajstić information content (AvgIpc) is 1.95. The monoisotopic (exact) mass is 135 g/mol. The summed E-state index contributed by atoms with van der Waals surface area (Å²) in [5, 5.41) is 0. The third-order valence-corrected chi connectivity index (χ3v) is 1.39. The molecule has 0 aliphatic rings. The van der Waals surface area contributed by atoms with Gasteiger partial charge in [0.05, 0.1) is 0 Å². The van der Waals surface area contributed by atoms with Gasteiger partial charge in [-0.25, -0.2) is 0 Å². The van der Waals surface area contributed by atoms with Gasteiger partial charge in [0.15, 0.2) is 0 Å². The standard InChI is InChI=1S/C7H10BNO/c1-8-4-6-2-3-7(10)9-5-6/h2-3,5,8H,4H2,1H3,(H,9,10). The summed E-state index contributed by atoms with van der Waals surface area (Å²) >= 11 is 0. The van der Waals surface area contributed by atoms with Gasteiger partial charge >= 0.3 is 0 Å². The van der Waals surface area contributed by atoms with Gasteiger partial charge in [-0.05, 0) is 5.56 Å². The summed E-state index contributed by atoms with van der Waals surface area (Å²) in [6.45, 7) is 2.12. The maximum atomic E-state index is 10.6. The second kappa shape index (κ2) is 3.25. The molecule has 0 bridgehead atoms. The Morgan fingerprint density at radius 2 is 2.40 bits per heavy atom. The summed E-state index contributed by atoms with van der Waals surface area (Å²) in [6.07, 6.45) is 2.81. The van der Waals surface area contributed by atoms with Crippen molar-refractivity contribution in [1.82, 2.24) is 4.98 Å². The van der Waals surface area contributed by atoms with Crippen LogP contribution in [0.5, 0.6) is 0 Å². The molecule has 1 N–H and O–H groups in total. The van der Waals surface area contributed by atoms with Gasteiger partial charge in [0.25, 0.3) is 0 Å². The molecule has 10 heavy (non-hydrogen) atoms. The number of H-pyrrole nitrogens is 1. The summed E-state index contributed by atoms with van der Waals surface area (Å²) in [6, 6.07) is 3.42. The summed E-state index contributed by atoms with van der Waals surface area (Å²) < 4.78 is 0. The molecule has 1 heterocycles. The number of aromatic nitrogens is 1. The molecular formula is C7H10BNO. The van der Waals surface area contributed by atoms with E-state index in [0.717, 1.165) is 13.6 Å². The topological polar surface area (TPSA) is 32.9 Å². The van der Waals surface area contributed by atoms with E-state index < -0.39 is 0 Å². The second-order valence-electron chi connectivity index (χ2n) is 2.31. The molecule has 0 radical (unpaired) electrons. The zero-order valence-corrected chi connectivity index (χ0v) is 6.05. The predicted molar refractivity (Wildman–Crippen MR) is 43.8 cm³/mol. The molecule has 0 fully saturated rings. The molecule has 52 valence electrons. The number of aromatic amines is 1. The summed E-state index contributed by atoms with van der Waals surface area (Å²) in [4.78, 5) is 13.2. The Morgan fingerprint density at radius 1 is 1.60 bits per heavy atom. The van der Waals surface area contributed by atoms with Crippen LogP contribution in [-0.4, -0.2) is 12.3 Å². The van der Waals surface area contributed by atoms with Gasteiger partial charge in [0.2, 0.25) is 5.56 Å². The first kappa shape index (κ1) is 7.13. The van der Waals surface area contributed by atoms with E-state index >= 15 is 0 Å². The first-order valence-electron chi connectivity index (χ1n) is 3.50. The van der Waals surface area contributed by atoms with E-state index in [1.54, 1.807) is 12.3 Å². The fraction of sp³-hybridized carbons (Fsp3) is 0.286. The Bertz CT molecular complexity index is 236. The number of rotatable bonds is 2. The molecular weight excluding hydrogens is 125 g/mol. The van der Waals surface area contributed by atoms with Crippen LogP contribution in [0.2, 0.25) is 6.82 Å². The minimum absolute atomic E-state index is 0.0279. The fourth-order valence-corrected chi connectivity index (χ4v) is 0.887. The molecule has 2 nitrogen and oxygen atoms in total. The van der Waals surface area contributed by atoms with E-state index in [0.29, 0.717) is 0 Å². The Kier molecular flexibility index (Phi) is 2.32. The van der Waals surface area contributed by atoms with E-state index in [2.05, 4.69) is 11.8 Å². The molecule has 1 aromatic rings. The minimum atomic E-state index is -0.0279. The molecule has 1 aromatic heterocycles. The largest absolute Gasteiger partial charge is 0.329 e. The second-order valence-corrected chi connectivity index (χ2v) is 2.31. The van der Waals surface area contributed by atoms with Gasteiger partial charge in [0, 0.05) is 12.3 Å².